The monoisotopic (exact) mass is 271 g/mol. The molecule has 19 heavy (non-hydrogen) atoms. The third-order valence-corrected chi connectivity index (χ3v) is 3.53. The van der Waals surface area contributed by atoms with E-state index in [2.05, 4.69) is 0 Å². The summed E-state index contributed by atoms with van der Waals surface area (Å²) < 4.78 is 27.2. The summed E-state index contributed by atoms with van der Waals surface area (Å²) in [5.74, 6) is -2.18. The van der Waals surface area contributed by atoms with Gasteiger partial charge in [0.2, 0.25) is 0 Å². The van der Waals surface area contributed by atoms with E-state index in [1.807, 2.05) is 6.92 Å². The lowest BCUT2D eigenvalue weighted by molar-refractivity contribution is -0.384. The predicted octanol–water partition coefficient (Wildman–Crippen LogP) is 2.05. The van der Waals surface area contributed by atoms with Gasteiger partial charge in [0.15, 0.2) is 17.3 Å². The van der Waals surface area contributed by atoms with E-state index in [0.29, 0.717) is 19.5 Å². The summed E-state index contributed by atoms with van der Waals surface area (Å²) in [5, 5.41) is 10.9. The van der Waals surface area contributed by atoms with E-state index in [1.165, 1.54) is 4.90 Å². The van der Waals surface area contributed by atoms with Gasteiger partial charge in [-0.1, -0.05) is 6.92 Å². The highest BCUT2D eigenvalue weighted by Gasteiger charge is 2.31. The first-order valence-electron chi connectivity index (χ1n) is 6.04. The minimum atomic E-state index is -1.17. The molecule has 1 saturated heterocycles. The Kier molecular flexibility index (Phi) is 3.66. The van der Waals surface area contributed by atoms with Gasteiger partial charge in [0, 0.05) is 25.2 Å². The molecule has 2 N–H and O–H groups in total. The van der Waals surface area contributed by atoms with E-state index in [4.69, 9.17) is 5.73 Å². The molecule has 2 rings (SSSR count). The van der Waals surface area contributed by atoms with Crippen LogP contribution < -0.4 is 10.6 Å². The van der Waals surface area contributed by atoms with Crippen LogP contribution in [0.1, 0.15) is 13.3 Å². The highest BCUT2D eigenvalue weighted by atomic mass is 19.2. The second-order valence-corrected chi connectivity index (χ2v) is 4.86. The van der Waals surface area contributed by atoms with Crippen LogP contribution in [0.4, 0.5) is 20.2 Å². The number of nitrogens with two attached hydrogens (primary N) is 1. The lowest BCUT2D eigenvalue weighted by atomic mass is 9.94. The summed E-state index contributed by atoms with van der Waals surface area (Å²) in [6.07, 6.45) is 0.592. The number of benzene rings is 1. The van der Waals surface area contributed by atoms with E-state index in [-0.39, 0.29) is 17.6 Å². The first kappa shape index (κ1) is 13.7. The molecule has 104 valence electrons. The van der Waals surface area contributed by atoms with Gasteiger partial charge < -0.3 is 10.6 Å². The van der Waals surface area contributed by atoms with Gasteiger partial charge in [0.25, 0.3) is 5.69 Å². The van der Waals surface area contributed by atoms with Gasteiger partial charge in [0.1, 0.15) is 0 Å². The molecular formula is C12H15F2N3O2. The molecular weight excluding hydrogens is 256 g/mol. The summed E-state index contributed by atoms with van der Waals surface area (Å²) in [6.45, 7) is 2.65. The van der Waals surface area contributed by atoms with Gasteiger partial charge >= 0.3 is 0 Å². The number of rotatable bonds is 2. The summed E-state index contributed by atoms with van der Waals surface area (Å²) >= 11 is 0. The van der Waals surface area contributed by atoms with E-state index >= 15 is 0 Å². The van der Waals surface area contributed by atoms with Gasteiger partial charge in [0.05, 0.1) is 4.92 Å². The number of hydrogen-bond acceptors (Lipinski definition) is 4. The number of nitro benzene ring substituents is 1. The molecule has 0 aliphatic carbocycles. The second kappa shape index (κ2) is 5.08. The van der Waals surface area contributed by atoms with Crippen molar-refractivity contribution >= 4 is 11.4 Å². The van der Waals surface area contributed by atoms with Gasteiger partial charge in [-0.15, -0.1) is 0 Å². The van der Waals surface area contributed by atoms with E-state index in [1.54, 1.807) is 0 Å². The zero-order chi connectivity index (χ0) is 14.2. The SMILES string of the molecule is CC1CN(c2c([N+](=O)[O-])ccc(F)c2F)CCC1N. The van der Waals surface area contributed by atoms with Gasteiger partial charge in [-0.05, 0) is 18.4 Å². The predicted molar refractivity (Wildman–Crippen MR) is 67.0 cm³/mol. The first-order valence-corrected chi connectivity index (χ1v) is 6.04. The molecule has 1 aromatic carbocycles. The van der Waals surface area contributed by atoms with Gasteiger partial charge in [-0.2, -0.15) is 0 Å². The number of hydrogen-bond donors (Lipinski definition) is 1. The summed E-state index contributed by atoms with van der Waals surface area (Å²) in [4.78, 5) is 11.7. The quantitative estimate of drug-likeness (QED) is 0.660. The molecule has 0 aromatic heterocycles. The smallest absolute Gasteiger partial charge is 0.295 e. The molecule has 1 heterocycles. The Morgan fingerprint density at radius 3 is 2.74 bits per heavy atom. The lowest BCUT2D eigenvalue weighted by Crippen LogP contribution is -2.46. The molecule has 1 fully saturated rings. The van der Waals surface area contributed by atoms with E-state index in [0.717, 1.165) is 12.1 Å². The van der Waals surface area contributed by atoms with E-state index in [9.17, 15) is 18.9 Å². The molecule has 1 aliphatic heterocycles. The van der Waals surface area contributed by atoms with Crippen molar-refractivity contribution in [2.45, 2.75) is 19.4 Å². The summed E-state index contributed by atoms with van der Waals surface area (Å²) in [6, 6.07) is 1.75. The van der Waals surface area contributed by atoms with Crippen LogP contribution in [0.3, 0.4) is 0 Å². The van der Waals surface area contributed by atoms with Gasteiger partial charge in [-0.3, -0.25) is 10.1 Å². The van der Waals surface area contributed by atoms with Crippen molar-refractivity contribution in [2.75, 3.05) is 18.0 Å². The van der Waals surface area contributed by atoms with Crippen LogP contribution in [0.25, 0.3) is 0 Å². The number of piperidine rings is 1. The molecule has 0 radical (unpaired) electrons. The molecule has 5 nitrogen and oxygen atoms in total. The van der Waals surface area contributed by atoms with Crippen molar-refractivity contribution in [3.8, 4) is 0 Å². The van der Waals surface area contributed by atoms with Gasteiger partial charge in [-0.25, -0.2) is 8.78 Å². The fraction of sp³-hybridized carbons (Fsp3) is 0.500. The van der Waals surface area contributed by atoms with Crippen LogP contribution >= 0.6 is 0 Å². The molecule has 1 aromatic rings. The Hall–Kier alpha value is -1.76. The molecule has 0 saturated carbocycles. The zero-order valence-electron chi connectivity index (χ0n) is 10.5. The number of anilines is 1. The van der Waals surface area contributed by atoms with Crippen molar-refractivity contribution < 1.29 is 13.7 Å². The lowest BCUT2D eigenvalue weighted by Gasteiger charge is -2.36. The first-order chi connectivity index (χ1) is 8.91. The standard InChI is InChI=1S/C12H15F2N3O2/c1-7-6-16(5-4-9(7)15)12-10(17(18)19)3-2-8(13)11(12)14/h2-3,7,9H,4-6,15H2,1H3. The summed E-state index contributed by atoms with van der Waals surface area (Å²) in [5.41, 5.74) is 5.17. The zero-order valence-corrected chi connectivity index (χ0v) is 10.5. The van der Waals surface area contributed by atoms with Crippen LogP contribution in [0.5, 0.6) is 0 Å². The molecule has 0 amide bonds. The van der Waals surface area contributed by atoms with Crippen LogP contribution in [-0.4, -0.2) is 24.1 Å². The molecule has 0 bridgehead atoms. The third kappa shape index (κ3) is 2.51. The maximum absolute atomic E-state index is 13.9. The normalized spacial score (nSPS) is 23.5. The molecule has 1 aliphatic rings. The average Bonchev–Trinajstić information content (AvgIpc) is 2.35. The topological polar surface area (TPSA) is 72.4 Å². The van der Waals surface area contributed by atoms with E-state index < -0.39 is 22.2 Å². The maximum Gasteiger partial charge on any atom is 0.295 e. The van der Waals surface area contributed by atoms with Crippen molar-refractivity contribution in [1.29, 1.82) is 0 Å². The Morgan fingerprint density at radius 1 is 1.47 bits per heavy atom. The van der Waals surface area contributed by atoms with Crippen LogP contribution in [-0.2, 0) is 0 Å². The average molecular weight is 271 g/mol. The Labute approximate surface area is 109 Å². The van der Waals surface area contributed by atoms with Crippen molar-refractivity contribution in [3.63, 3.8) is 0 Å². The van der Waals surface area contributed by atoms with Crippen molar-refractivity contribution in [1.82, 2.24) is 0 Å². The van der Waals surface area contributed by atoms with Crippen molar-refractivity contribution in [3.05, 3.63) is 33.9 Å². The number of halogens is 2. The third-order valence-electron chi connectivity index (χ3n) is 3.53. The Morgan fingerprint density at radius 2 is 2.16 bits per heavy atom. The fourth-order valence-corrected chi connectivity index (χ4v) is 2.34. The summed E-state index contributed by atoms with van der Waals surface area (Å²) in [7, 11) is 0. The Balaban J connectivity index is 2.43. The molecule has 2 unspecified atom stereocenters. The largest absolute Gasteiger partial charge is 0.363 e. The second-order valence-electron chi connectivity index (χ2n) is 4.86. The fourth-order valence-electron chi connectivity index (χ4n) is 2.34. The van der Waals surface area contributed by atoms with Crippen molar-refractivity contribution in [2.24, 2.45) is 11.7 Å². The molecule has 7 heteroatoms. The highest BCUT2D eigenvalue weighted by molar-refractivity contribution is 5.64. The Bertz CT molecular complexity index is 510. The van der Waals surface area contributed by atoms with Crippen LogP contribution in [0.15, 0.2) is 12.1 Å². The minimum Gasteiger partial charge on any atom is -0.363 e. The minimum absolute atomic E-state index is 0.0214. The number of nitro groups is 1. The maximum atomic E-state index is 13.9. The van der Waals surface area contributed by atoms with Crippen LogP contribution in [0.2, 0.25) is 0 Å². The molecule has 0 spiro atoms. The molecule has 2 atom stereocenters. The highest BCUT2D eigenvalue weighted by Crippen LogP contribution is 2.34. The number of nitrogens with zero attached hydrogens (tertiary/aromatic N) is 2. The van der Waals surface area contributed by atoms with Crippen LogP contribution in [0, 0.1) is 27.7 Å².